The molecule has 0 saturated heterocycles. The predicted molar refractivity (Wildman–Crippen MR) is 181 cm³/mol. The lowest BCUT2D eigenvalue weighted by atomic mass is 10.0. The second-order valence-electron chi connectivity index (χ2n) is 11.8. The van der Waals surface area contributed by atoms with Crippen LogP contribution < -0.4 is 27.4 Å². The Labute approximate surface area is 280 Å². The molecule has 11 N–H and O–H groups in total. The lowest BCUT2D eigenvalue weighted by Gasteiger charge is -2.25. The third-order valence-electron chi connectivity index (χ3n) is 8.21. The molecular formula is C35H37N7O7. The summed E-state index contributed by atoms with van der Waals surface area (Å²) in [6.07, 6.45) is 2.92. The summed E-state index contributed by atoms with van der Waals surface area (Å²) in [5.74, 6) is -4.70. The van der Waals surface area contributed by atoms with Crippen LogP contribution in [0.1, 0.15) is 23.1 Å². The summed E-state index contributed by atoms with van der Waals surface area (Å²) in [7, 11) is 0. The topological polar surface area (TPSA) is 246 Å². The van der Waals surface area contributed by atoms with Crippen LogP contribution in [-0.4, -0.2) is 73.9 Å². The number of carbonyl (C=O) groups is 5. The largest absolute Gasteiger partial charge is 0.508 e. The fourth-order valence-corrected chi connectivity index (χ4v) is 5.66. The smallest absolute Gasteiger partial charge is 0.326 e. The Morgan fingerprint density at radius 3 is 1.69 bits per heavy atom. The average Bonchev–Trinajstić information content (AvgIpc) is 3.68. The van der Waals surface area contributed by atoms with Gasteiger partial charge in [0.15, 0.2) is 0 Å². The number of amides is 4. The van der Waals surface area contributed by atoms with Gasteiger partial charge in [-0.1, -0.05) is 48.5 Å². The zero-order valence-electron chi connectivity index (χ0n) is 26.3. The van der Waals surface area contributed by atoms with E-state index in [0.29, 0.717) is 11.1 Å². The van der Waals surface area contributed by atoms with Gasteiger partial charge < -0.3 is 47.6 Å². The van der Waals surface area contributed by atoms with E-state index >= 15 is 0 Å². The lowest BCUT2D eigenvalue weighted by molar-refractivity contribution is -0.143. The fourth-order valence-electron chi connectivity index (χ4n) is 5.66. The van der Waals surface area contributed by atoms with Crippen LogP contribution in [0.5, 0.6) is 5.75 Å². The number of benzene rings is 3. The number of carbonyl (C=O) groups excluding carboxylic acids is 4. The number of para-hydroxylation sites is 2. The Morgan fingerprint density at radius 2 is 1.14 bits per heavy atom. The van der Waals surface area contributed by atoms with Crippen LogP contribution >= 0.6 is 0 Å². The minimum absolute atomic E-state index is 0.0216. The zero-order chi connectivity index (χ0) is 35.1. The van der Waals surface area contributed by atoms with E-state index in [9.17, 15) is 34.2 Å². The van der Waals surface area contributed by atoms with E-state index in [1.54, 1.807) is 12.4 Å². The maximum absolute atomic E-state index is 14.0. The standard InChI is InChI=1S/C35H37N7O7/c36-25(14-20-17-38-26-7-3-1-5-23(20)26)32(45)40-29(15-21-18-39-27-8-4-2-6-24(21)27)34(47)41-28(13-19-9-11-22(43)12-10-19)33(46)42-30(35(48)49)16-31(37)44/h1-12,17-18,25,28-30,38-39,43H,13-16,36H2,(H2,37,44)(H,40,45)(H,41,47)(H,42,46)(H,48,49). The van der Waals surface area contributed by atoms with Gasteiger partial charge in [0.25, 0.3) is 0 Å². The van der Waals surface area contributed by atoms with Gasteiger partial charge in [-0.3, -0.25) is 19.2 Å². The molecule has 49 heavy (non-hydrogen) atoms. The molecule has 0 aliphatic heterocycles. The maximum Gasteiger partial charge on any atom is 0.326 e. The molecule has 4 unspecified atom stereocenters. The predicted octanol–water partition coefficient (Wildman–Crippen LogP) is 1.12. The van der Waals surface area contributed by atoms with Gasteiger partial charge in [-0.05, 0) is 47.4 Å². The molecule has 0 bridgehead atoms. The van der Waals surface area contributed by atoms with Crippen LogP contribution in [0.3, 0.4) is 0 Å². The van der Waals surface area contributed by atoms with Gasteiger partial charge in [0, 0.05) is 47.0 Å². The Morgan fingerprint density at radius 1 is 0.653 bits per heavy atom. The molecule has 4 atom stereocenters. The molecule has 14 heteroatoms. The van der Waals surface area contributed by atoms with E-state index in [2.05, 4.69) is 25.9 Å². The van der Waals surface area contributed by atoms with Crippen molar-refractivity contribution in [2.75, 3.05) is 0 Å². The van der Waals surface area contributed by atoms with Crippen molar-refractivity contribution in [1.82, 2.24) is 25.9 Å². The van der Waals surface area contributed by atoms with Crippen LogP contribution in [0.4, 0.5) is 0 Å². The van der Waals surface area contributed by atoms with Crippen molar-refractivity contribution in [3.05, 3.63) is 102 Å². The summed E-state index contributed by atoms with van der Waals surface area (Å²) in [4.78, 5) is 70.6. The van der Waals surface area contributed by atoms with Gasteiger partial charge in [-0.25, -0.2) is 4.79 Å². The molecule has 0 fully saturated rings. The molecule has 14 nitrogen and oxygen atoms in total. The third-order valence-corrected chi connectivity index (χ3v) is 8.21. The van der Waals surface area contributed by atoms with E-state index in [1.165, 1.54) is 24.3 Å². The molecule has 0 aliphatic rings. The van der Waals surface area contributed by atoms with Crippen molar-refractivity contribution >= 4 is 51.4 Å². The molecule has 0 spiro atoms. The van der Waals surface area contributed by atoms with Crippen molar-refractivity contribution in [3.8, 4) is 5.75 Å². The number of aromatic nitrogens is 2. The summed E-state index contributed by atoms with van der Waals surface area (Å²) < 4.78 is 0. The van der Waals surface area contributed by atoms with Crippen LogP contribution in [0, 0.1) is 0 Å². The third kappa shape index (κ3) is 8.61. The molecule has 4 amide bonds. The van der Waals surface area contributed by atoms with Crippen LogP contribution in [0.2, 0.25) is 0 Å². The minimum atomic E-state index is -1.64. The highest BCUT2D eigenvalue weighted by Crippen LogP contribution is 2.21. The molecular weight excluding hydrogens is 630 g/mol. The van der Waals surface area contributed by atoms with Gasteiger partial charge in [-0.2, -0.15) is 0 Å². The van der Waals surface area contributed by atoms with Gasteiger partial charge in [-0.15, -0.1) is 0 Å². The molecule has 0 aliphatic carbocycles. The summed E-state index contributed by atoms with van der Waals surface area (Å²) in [6.45, 7) is 0. The summed E-state index contributed by atoms with van der Waals surface area (Å²) >= 11 is 0. The number of hydrogen-bond acceptors (Lipinski definition) is 7. The first-order valence-electron chi connectivity index (χ1n) is 15.5. The number of H-pyrrole nitrogens is 2. The number of aromatic hydroxyl groups is 1. The minimum Gasteiger partial charge on any atom is -0.508 e. The number of carboxylic acid groups (broad SMARTS) is 1. The molecule has 3 aromatic carbocycles. The average molecular weight is 668 g/mol. The van der Waals surface area contributed by atoms with Crippen LogP contribution in [0.25, 0.3) is 21.8 Å². The Balaban J connectivity index is 1.40. The van der Waals surface area contributed by atoms with Gasteiger partial charge in [0.05, 0.1) is 12.5 Å². The highest BCUT2D eigenvalue weighted by atomic mass is 16.4. The van der Waals surface area contributed by atoms with Crippen molar-refractivity contribution in [1.29, 1.82) is 0 Å². The van der Waals surface area contributed by atoms with Crippen molar-refractivity contribution in [2.45, 2.75) is 49.9 Å². The monoisotopic (exact) mass is 667 g/mol. The number of fused-ring (bicyclic) bond motifs is 2. The Hall–Kier alpha value is -6.15. The molecule has 0 saturated carbocycles. The first-order chi connectivity index (χ1) is 23.5. The van der Waals surface area contributed by atoms with Gasteiger partial charge in [0.2, 0.25) is 23.6 Å². The number of nitrogens with one attached hydrogen (secondary N) is 5. The van der Waals surface area contributed by atoms with Crippen molar-refractivity contribution in [2.24, 2.45) is 11.5 Å². The van der Waals surface area contributed by atoms with Crippen LogP contribution in [0.15, 0.2) is 85.2 Å². The van der Waals surface area contributed by atoms with E-state index in [-0.39, 0.29) is 25.0 Å². The number of carboxylic acids is 1. The van der Waals surface area contributed by atoms with Crippen molar-refractivity contribution < 1.29 is 34.2 Å². The quantitative estimate of drug-likeness (QED) is 0.0781. The number of phenolic OH excluding ortho intramolecular Hbond substituents is 1. The summed E-state index contributed by atoms with van der Waals surface area (Å²) in [6, 6.07) is 15.6. The van der Waals surface area contributed by atoms with E-state index in [4.69, 9.17) is 11.5 Å². The zero-order valence-corrected chi connectivity index (χ0v) is 26.3. The first-order valence-corrected chi connectivity index (χ1v) is 15.5. The molecule has 0 radical (unpaired) electrons. The SMILES string of the molecule is NC(=O)CC(NC(=O)C(Cc1ccc(O)cc1)NC(=O)C(Cc1c[nH]c2ccccc12)NC(=O)C(N)Cc1c[nH]c2ccccc12)C(=O)O. The second kappa shape index (κ2) is 15.2. The Kier molecular flexibility index (Phi) is 10.6. The summed E-state index contributed by atoms with van der Waals surface area (Å²) in [5, 5.41) is 28.7. The van der Waals surface area contributed by atoms with Gasteiger partial charge >= 0.3 is 5.97 Å². The number of nitrogens with two attached hydrogens (primary N) is 2. The maximum atomic E-state index is 14.0. The van der Waals surface area contributed by atoms with E-state index in [0.717, 1.165) is 27.4 Å². The number of aromatic amines is 2. The second-order valence-corrected chi connectivity index (χ2v) is 11.8. The molecule has 5 rings (SSSR count). The number of phenols is 1. The van der Waals surface area contributed by atoms with Crippen LogP contribution in [-0.2, 0) is 43.2 Å². The van der Waals surface area contributed by atoms with E-state index in [1.807, 2.05) is 48.5 Å². The summed E-state index contributed by atoms with van der Waals surface area (Å²) in [5.41, 5.74) is 15.3. The highest BCUT2D eigenvalue weighted by Gasteiger charge is 2.32. The van der Waals surface area contributed by atoms with Gasteiger partial charge in [0.1, 0.15) is 23.9 Å². The molecule has 254 valence electrons. The Bertz CT molecular complexity index is 1990. The van der Waals surface area contributed by atoms with Crippen molar-refractivity contribution in [3.63, 3.8) is 0 Å². The number of aliphatic carboxylic acids is 1. The molecule has 5 aromatic rings. The van der Waals surface area contributed by atoms with E-state index < -0.39 is 60.2 Å². The first kappa shape index (κ1) is 34.2. The highest BCUT2D eigenvalue weighted by molar-refractivity contribution is 5.96. The normalized spacial score (nSPS) is 13.7. The number of primary amides is 1. The number of rotatable bonds is 15. The molecule has 2 heterocycles. The molecule has 2 aromatic heterocycles. The fraction of sp³-hybridized carbons (Fsp3) is 0.229. The number of hydrogen-bond donors (Lipinski definition) is 9. The lowest BCUT2D eigenvalue weighted by Crippen LogP contribution is -2.58.